The van der Waals surface area contributed by atoms with E-state index in [0.29, 0.717) is 42.2 Å². The van der Waals surface area contributed by atoms with Crippen molar-refractivity contribution in [1.29, 1.82) is 0 Å². The summed E-state index contributed by atoms with van der Waals surface area (Å²) >= 11 is 0. The molecule has 2 aromatic rings. The smallest absolute Gasteiger partial charge is 0.258 e. The molecule has 29 heavy (non-hydrogen) atoms. The fourth-order valence-corrected chi connectivity index (χ4v) is 4.61. The van der Waals surface area contributed by atoms with Gasteiger partial charge < -0.3 is 15.2 Å². The molecule has 0 spiro atoms. The number of hydrogen-bond acceptors (Lipinski definition) is 4. The molecule has 7 nitrogen and oxygen atoms in total. The van der Waals surface area contributed by atoms with Gasteiger partial charge in [-0.15, -0.1) is 0 Å². The summed E-state index contributed by atoms with van der Waals surface area (Å²) in [5, 5.41) is 3.46. The van der Waals surface area contributed by atoms with E-state index in [9.17, 15) is 14.4 Å². The third kappa shape index (κ3) is 4.49. The Morgan fingerprint density at radius 1 is 1.14 bits per heavy atom. The highest BCUT2D eigenvalue weighted by atomic mass is 16.2. The van der Waals surface area contributed by atoms with Gasteiger partial charge in [0.15, 0.2) is 0 Å². The fourth-order valence-electron chi connectivity index (χ4n) is 4.61. The monoisotopic (exact) mass is 396 g/mol. The number of aryl methyl sites for hydroxylation is 1. The molecule has 7 heteroatoms. The number of rotatable bonds is 5. The predicted octanol–water partition coefficient (Wildman–Crippen LogP) is 2.15. The average Bonchev–Trinajstić information content (AvgIpc) is 2.74. The highest BCUT2D eigenvalue weighted by Crippen LogP contribution is 2.29. The lowest BCUT2D eigenvalue weighted by molar-refractivity contribution is -0.144. The van der Waals surface area contributed by atoms with Gasteiger partial charge in [0, 0.05) is 25.9 Å². The minimum Gasteiger partial charge on any atom is -0.353 e. The molecule has 1 aliphatic heterocycles. The van der Waals surface area contributed by atoms with Gasteiger partial charge in [0.1, 0.15) is 11.9 Å². The van der Waals surface area contributed by atoms with Gasteiger partial charge in [-0.1, -0.05) is 44.2 Å². The summed E-state index contributed by atoms with van der Waals surface area (Å²) in [5.74, 6) is 0.947. The largest absolute Gasteiger partial charge is 0.353 e. The third-order valence-corrected chi connectivity index (χ3v) is 6.17. The van der Waals surface area contributed by atoms with Crippen molar-refractivity contribution in [2.45, 2.75) is 57.4 Å². The standard InChI is InChI=1S/C22H28N4O3/c27-20(11-10-19-24-17-9-5-4-8-16(17)21(28)25-19)26-13-12-23-22(29)18(26)14-15-6-2-1-3-7-15/h4-5,8-9,15,18H,1-3,6-7,10-14H2,(H,23,29)(H,24,25,28). The van der Waals surface area contributed by atoms with Crippen molar-refractivity contribution in [1.82, 2.24) is 20.2 Å². The minimum atomic E-state index is -0.372. The summed E-state index contributed by atoms with van der Waals surface area (Å²) in [7, 11) is 0. The van der Waals surface area contributed by atoms with E-state index in [1.807, 2.05) is 6.07 Å². The SMILES string of the molecule is O=C1NCCN(C(=O)CCc2nc3ccccc3c(=O)[nH]2)C1CC1CCCCC1. The highest BCUT2D eigenvalue weighted by molar-refractivity contribution is 5.89. The van der Waals surface area contributed by atoms with E-state index in [1.54, 1.807) is 23.1 Å². The van der Waals surface area contributed by atoms with Crippen molar-refractivity contribution >= 4 is 22.7 Å². The number of para-hydroxylation sites is 1. The Kier molecular flexibility index (Phi) is 5.92. The molecule has 2 heterocycles. The number of carbonyl (C=O) groups excluding carboxylic acids is 2. The van der Waals surface area contributed by atoms with Gasteiger partial charge in [-0.05, 0) is 24.5 Å². The zero-order chi connectivity index (χ0) is 20.2. The zero-order valence-electron chi connectivity index (χ0n) is 16.7. The highest BCUT2D eigenvalue weighted by Gasteiger charge is 2.34. The van der Waals surface area contributed by atoms with Gasteiger partial charge >= 0.3 is 0 Å². The maximum Gasteiger partial charge on any atom is 0.258 e. The lowest BCUT2D eigenvalue weighted by Crippen LogP contribution is -2.57. The van der Waals surface area contributed by atoms with Crippen LogP contribution in [0.25, 0.3) is 10.9 Å². The van der Waals surface area contributed by atoms with E-state index >= 15 is 0 Å². The number of amides is 2. The van der Waals surface area contributed by atoms with Crippen LogP contribution < -0.4 is 10.9 Å². The lowest BCUT2D eigenvalue weighted by Gasteiger charge is -2.37. The van der Waals surface area contributed by atoms with Crippen LogP contribution in [0.15, 0.2) is 29.1 Å². The number of nitrogens with one attached hydrogen (secondary N) is 2. The Morgan fingerprint density at radius 3 is 2.76 bits per heavy atom. The van der Waals surface area contributed by atoms with Crippen molar-refractivity contribution in [3.05, 3.63) is 40.4 Å². The molecule has 154 valence electrons. The van der Waals surface area contributed by atoms with Crippen LogP contribution in [-0.2, 0) is 16.0 Å². The molecule has 2 aliphatic rings. The Bertz CT molecular complexity index is 948. The first-order chi connectivity index (χ1) is 14.1. The van der Waals surface area contributed by atoms with Gasteiger partial charge in [0.05, 0.1) is 10.9 Å². The molecule has 1 saturated heterocycles. The van der Waals surface area contributed by atoms with Crippen molar-refractivity contribution in [3.8, 4) is 0 Å². The molecule has 4 rings (SSSR count). The summed E-state index contributed by atoms with van der Waals surface area (Å²) in [6.07, 6.45) is 7.34. The third-order valence-electron chi connectivity index (χ3n) is 6.17. The molecule has 1 unspecified atom stereocenters. The number of piperazine rings is 1. The minimum absolute atomic E-state index is 0.0348. The van der Waals surface area contributed by atoms with Gasteiger partial charge in [-0.3, -0.25) is 14.4 Å². The first-order valence-electron chi connectivity index (χ1n) is 10.7. The molecule has 1 aromatic heterocycles. The maximum atomic E-state index is 12.9. The molecule has 2 N–H and O–H groups in total. The predicted molar refractivity (Wildman–Crippen MR) is 110 cm³/mol. The average molecular weight is 396 g/mol. The number of aromatic nitrogens is 2. The van der Waals surface area contributed by atoms with E-state index in [0.717, 1.165) is 19.3 Å². The van der Waals surface area contributed by atoms with Crippen LogP contribution in [0, 0.1) is 5.92 Å². The molecule has 1 saturated carbocycles. The Morgan fingerprint density at radius 2 is 1.93 bits per heavy atom. The summed E-state index contributed by atoms with van der Waals surface area (Å²) in [6, 6.07) is 6.80. The Labute approximate surface area is 169 Å². The molecule has 0 radical (unpaired) electrons. The second kappa shape index (κ2) is 8.76. The van der Waals surface area contributed by atoms with Crippen LogP contribution in [0.3, 0.4) is 0 Å². The molecule has 0 bridgehead atoms. The van der Waals surface area contributed by atoms with Gasteiger partial charge in [0.2, 0.25) is 11.8 Å². The zero-order valence-corrected chi connectivity index (χ0v) is 16.7. The van der Waals surface area contributed by atoms with Crippen LogP contribution >= 0.6 is 0 Å². The van der Waals surface area contributed by atoms with Crippen LogP contribution in [-0.4, -0.2) is 45.8 Å². The number of benzene rings is 1. The molecule has 1 aliphatic carbocycles. The number of fused-ring (bicyclic) bond motifs is 1. The second-order valence-electron chi connectivity index (χ2n) is 8.16. The molecule has 2 amide bonds. The van der Waals surface area contributed by atoms with Gasteiger partial charge in [-0.25, -0.2) is 4.98 Å². The van der Waals surface area contributed by atoms with Crippen LogP contribution in [0.1, 0.15) is 50.8 Å². The number of aromatic amines is 1. The lowest BCUT2D eigenvalue weighted by atomic mass is 9.84. The topological polar surface area (TPSA) is 95.2 Å². The van der Waals surface area contributed by atoms with E-state index in [-0.39, 0.29) is 29.8 Å². The first-order valence-corrected chi connectivity index (χ1v) is 10.7. The summed E-state index contributed by atoms with van der Waals surface area (Å²) in [4.78, 5) is 46.6. The molecular formula is C22H28N4O3. The van der Waals surface area contributed by atoms with Crippen molar-refractivity contribution in [2.75, 3.05) is 13.1 Å². The molecule has 1 aromatic carbocycles. The van der Waals surface area contributed by atoms with Crippen LogP contribution in [0.2, 0.25) is 0 Å². The fraction of sp³-hybridized carbons (Fsp3) is 0.545. The van der Waals surface area contributed by atoms with E-state index in [2.05, 4.69) is 15.3 Å². The van der Waals surface area contributed by atoms with Crippen molar-refractivity contribution in [3.63, 3.8) is 0 Å². The number of nitrogens with zero attached hydrogens (tertiary/aromatic N) is 2. The maximum absolute atomic E-state index is 12.9. The summed E-state index contributed by atoms with van der Waals surface area (Å²) < 4.78 is 0. The Hall–Kier alpha value is -2.70. The van der Waals surface area contributed by atoms with Crippen LogP contribution in [0.5, 0.6) is 0 Å². The van der Waals surface area contributed by atoms with Crippen molar-refractivity contribution in [2.24, 2.45) is 5.92 Å². The summed E-state index contributed by atoms with van der Waals surface area (Å²) in [6.45, 7) is 1.04. The van der Waals surface area contributed by atoms with Crippen molar-refractivity contribution < 1.29 is 9.59 Å². The van der Waals surface area contributed by atoms with Gasteiger partial charge in [0.25, 0.3) is 5.56 Å². The molecule has 2 fully saturated rings. The van der Waals surface area contributed by atoms with E-state index in [4.69, 9.17) is 0 Å². The second-order valence-corrected chi connectivity index (χ2v) is 8.16. The molecule has 1 atom stereocenters. The number of H-pyrrole nitrogens is 1. The summed E-state index contributed by atoms with van der Waals surface area (Å²) in [5.41, 5.74) is 0.441. The molecular weight excluding hydrogens is 368 g/mol. The van der Waals surface area contributed by atoms with Crippen LogP contribution in [0.4, 0.5) is 0 Å². The number of hydrogen-bond donors (Lipinski definition) is 2. The van der Waals surface area contributed by atoms with Gasteiger partial charge in [-0.2, -0.15) is 0 Å². The first kappa shape index (κ1) is 19.6. The van der Waals surface area contributed by atoms with E-state index < -0.39 is 0 Å². The quantitative estimate of drug-likeness (QED) is 0.810. The number of carbonyl (C=O) groups is 2. The van der Waals surface area contributed by atoms with E-state index in [1.165, 1.54) is 19.3 Å². The normalized spacial score (nSPS) is 20.6. The Balaban J connectivity index is 1.43.